The van der Waals surface area contributed by atoms with E-state index in [-0.39, 0.29) is 6.10 Å². The van der Waals surface area contributed by atoms with Gasteiger partial charge in [-0.15, -0.1) is 0 Å². The number of benzene rings is 1. The van der Waals surface area contributed by atoms with Gasteiger partial charge in [-0.25, -0.2) is 9.97 Å². The maximum absolute atomic E-state index is 6.30. The fourth-order valence-corrected chi connectivity index (χ4v) is 4.47. The van der Waals surface area contributed by atoms with E-state index in [2.05, 4.69) is 44.6 Å². The van der Waals surface area contributed by atoms with Crippen molar-refractivity contribution in [2.24, 2.45) is 0 Å². The van der Waals surface area contributed by atoms with Crippen LogP contribution >= 0.6 is 0 Å². The minimum atomic E-state index is 0.204. The molecule has 0 saturated heterocycles. The largest absolute Gasteiger partial charge is 0.493 e. The third-order valence-corrected chi connectivity index (χ3v) is 6.41. The van der Waals surface area contributed by atoms with Crippen molar-refractivity contribution < 1.29 is 18.9 Å². The van der Waals surface area contributed by atoms with E-state index in [1.165, 1.54) is 0 Å². The molecule has 1 aromatic carbocycles. The van der Waals surface area contributed by atoms with E-state index in [9.17, 15) is 0 Å². The van der Waals surface area contributed by atoms with E-state index in [1.54, 1.807) is 25.6 Å². The van der Waals surface area contributed by atoms with Crippen LogP contribution in [0.4, 0.5) is 23.1 Å². The van der Waals surface area contributed by atoms with E-state index in [1.807, 2.05) is 24.3 Å². The van der Waals surface area contributed by atoms with Crippen LogP contribution in [0.5, 0.6) is 23.1 Å². The first kappa shape index (κ1) is 23.9. The zero-order valence-electron chi connectivity index (χ0n) is 20.9. The van der Waals surface area contributed by atoms with Crippen molar-refractivity contribution in [2.75, 3.05) is 45.1 Å². The summed E-state index contributed by atoms with van der Waals surface area (Å²) < 4.78 is 23.0. The summed E-state index contributed by atoms with van der Waals surface area (Å²) >= 11 is 0. The van der Waals surface area contributed by atoms with Gasteiger partial charge in [-0.05, 0) is 58.0 Å². The molecule has 5 rings (SSSR count). The second-order valence-corrected chi connectivity index (χ2v) is 9.12. The minimum Gasteiger partial charge on any atom is -0.493 e. The van der Waals surface area contributed by atoms with Crippen molar-refractivity contribution >= 4 is 23.1 Å². The third-order valence-electron chi connectivity index (χ3n) is 6.41. The van der Waals surface area contributed by atoms with Crippen molar-refractivity contribution in [1.82, 2.24) is 19.9 Å². The van der Waals surface area contributed by atoms with Crippen LogP contribution in [0, 0.1) is 0 Å². The quantitative estimate of drug-likeness (QED) is 0.471. The second kappa shape index (κ2) is 10.9. The summed E-state index contributed by atoms with van der Waals surface area (Å²) in [7, 11) is 5.94. The van der Waals surface area contributed by atoms with Crippen LogP contribution < -0.4 is 29.6 Å². The average Bonchev–Trinajstić information content (AvgIpc) is 2.90. The zero-order valence-corrected chi connectivity index (χ0v) is 20.9. The summed E-state index contributed by atoms with van der Waals surface area (Å²) in [5.41, 5.74) is 1.54. The van der Waals surface area contributed by atoms with Gasteiger partial charge < -0.3 is 34.5 Å². The lowest BCUT2D eigenvalue weighted by molar-refractivity contribution is 0.108. The van der Waals surface area contributed by atoms with Gasteiger partial charge in [-0.1, -0.05) is 0 Å². The van der Waals surface area contributed by atoms with Gasteiger partial charge in [0, 0.05) is 30.1 Å². The summed E-state index contributed by atoms with van der Waals surface area (Å²) in [6.07, 6.45) is 7.93. The first-order valence-electron chi connectivity index (χ1n) is 12.2. The van der Waals surface area contributed by atoms with Crippen molar-refractivity contribution in [1.29, 1.82) is 0 Å². The lowest BCUT2D eigenvalue weighted by Crippen LogP contribution is -2.35. The van der Waals surface area contributed by atoms with E-state index in [0.29, 0.717) is 48.4 Å². The number of hydrogen-bond acceptors (Lipinski definition) is 10. The van der Waals surface area contributed by atoms with Gasteiger partial charge in [0.05, 0.1) is 25.1 Å². The Hall–Kier alpha value is -3.79. The fraction of sp³-hybridized carbons (Fsp3) is 0.423. The predicted molar refractivity (Wildman–Crippen MR) is 137 cm³/mol. The fourth-order valence-electron chi connectivity index (χ4n) is 4.47. The zero-order chi connectivity index (χ0) is 24.9. The normalized spacial score (nSPS) is 19.0. The Labute approximate surface area is 211 Å². The van der Waals surface area contributed by atoms with Gasteiger partial charge in [0.2, 0.25) is 5.95 Å². The molecule has 2 aliphatic rings. The Bertz CT molecular complexity index is 1180. The molecule has 0 amide bonds. The first-order valence-corrected chi connectivity index (χ1v) is 12.2. The third kappa shape index (κ3) is 5.71. The number of anilines is 4. The van der Waals surface area contributed by atoms with E-state index >= 15 is 0 Å². The van der Waals surface area contributed by atoms with Crippen LogP contribution in [0.2, 0.25) is 0 Å². The van der Waals surface area contributed by atoms with Gasteiger partial charge in [0.1, 0.15) is 19.0 Å². The summed E-state index contributed by atoms with van der Waals surface area (Å²) in [6.45, 7) is 1.01. The van der Waals surface area contributed by atoms with Crippen LogP contribution in [-0.4, -0.2) is 66.4 Å². The molecule has 36 heavy (non-hydrogen) atoms. The molecule has 1 aliphatic carbocycles. The summed E-state index contributed by atoms with van der Waals surface area (Å²) in [4.78, 5) is 15.5. The van der Waals surface area contributed by atoms with Gasteiger partial charge in [0.15, 0.2) is 17.2 Å². The molecule has 10 nitrogen and oxygen atoms in total. The van der Waals surface area contributed by atoms with Gasteiger partial charge in [-0.2, -0.15) is 4.98 Å². The molecule has 0 radical (unpaired) electrons. The lowest BCUT2D eigenvalue weighted by Gasteiger charge is -2.33. The summed E-state index contributed by atoms with van der Waals surface area (Å²) in [5, 5.41) is 6.47. The van der Waals surface area contributed by atoms with Crippen molar-refractivity contribution in [3.05, 3.63) is 42.7 Å². The van der Waals surface area contributed by atoms with Crippen molar-refractivity contribution in [2.45, 2.75) is 37.8 Å². The van der Waals surface area contributed by atoms with E-state index in [4.69, 9.17) is 18.9 Å². The number of hydrogen-bond donors (Lipinski definition) is 2. The maximum atomic E-state index is 6.30. The standard InChI is InChI=1S/C26H32N6O4/c1-32(2)19-5-7-20(8-6-19)36-21-9-4-17(14-22(21)33-3)30-26-27-11-10-24(31-26)29-18-15-23-25(28-16-18)35-13-12-34-23/h4,9-11,14-16,19-20H,5-8,12-13H2,1-3H3,(H2,27,29,30,31). The van der Waals surface area contributed by atoms with Gasteiger partial charge in [-0.3, -0.25) is 0 Å². The summed E-state index contributed by atoms with van der Waals surface area (Å²) in [6, 6.07) is 10.0. The highest BCUT2D eigenvalue weighted by Gasteiger charge is 2.24. The van der Waals surface area contributed by atoms with Gasteiger partial charge in [0.25, 0.3) is 5.88 Å². The number of ether oxygens (including phenoxy) is 4. The number of methoxy groups -OCH3 is 1. The van der Waals surface area contributed by atoms with Crippen LogP contribution in [-0.2, 0) is 0 Å². The highest BCUT2D eigenvalue weighted by Crippen LogP contribution is 2.35. The van der Waals surface area contributed by atoms with Crippen LogP contribution in [0.1, 0.15) is 25.7 Å². The molecule has 1 aliphatic heterocycles. The average molecular weight is 493 g/mol. The lowest BCUT2D eigenvalue weighted by atomic mass is 9.92. The molecule has 190 valence electrons. The molecule has 3 heterocycles. The predicted octanol–water partition coefficient (Wildman–Crippen LogP) is 4.39. The molecule has 10 heteroatoms. The van der Waals surface area contributed by atoms with E-state index < -0.39 is 0 Å². The molecule has 2 aromatic heterocycles. The molecule has 2 N–H and O–H groups in total. The molecule has 0 bridgehead atoms. The van der Waals surface area contributed by atoms with Gasteiger partial charge >= 0.3 is 0 Å². The highest BCUT2D eigenvalue weighted by atomic mass is 16.6. The molecule has 1 fully saturated rings. The number of rotatable bonds is 8. The number of pyridine rings is 1. The Morgan fingerprint density at radius 1 is 0.917 bits per heavy atom. The summed E-state index contributed by atoms with van der Waals surface area (Å²) in [5.74, 6) is 3.60. The number of nitrogens with one attached hydrogen (secondary N) is 2. The SMILES string of the molecule is COc1cc(Nc2nccc(Nc3cnc4c(c3)OCCO4)n2)ccc1OC1CCC(N(C)C)CC1. The first-order chi connectivity index (χ1) is 17.6. The number of aromatic nitrogens is 3. The smallest absolute Gasteiger partial charge is 0.257 e. The molecule has 0 unspecified atom stereocenters. The molecule has 1 saturated carbocycles. The van der Waals surface area contributed by atoms with Crippen molar-refractivity contribution in [3.63, 3.8) is 0 Å². The molecule has 0 spiro atoms. The Morgan fingerprint density at radius 3 is 2.56 bits per heavy atom. The van der Waals surface area contributed by atoms with Crippen LogP contribution in [0.15, 0.2) is 42.7 Å². The Balaban J connectivity index is 1.23. The maximum Gasteiger partial charge on any atom is 0.257 e. The minimum absolute atomic E-state index is 0.204. The monoisotopic (exact) mass is 492 g/mol. The Kier molecular flexibility index (Phi) is 7.22. The van der Waals surface area contributed by atoms with E-state index in [0.717, 1.165) is 42.8 Å². The Morgan fingerprint density at radius 2 is 1.75 bits per heavy atom. The second-order valence-electron chi connectivity index (χ2n) is 9.12. The highest BCUT2D eigenvalue weighted by molar-refractivity contribution is 5.63. The van der Waals surface area contributed by atoms with Crippen molar-refractivity contribution in [3.8, 4) is 23.1 Å². The topological polar surface area (TPSA) is 103 Å². The molecular formula is C26H32N6O4. The number of fused-ring (bicyclic) bond motifs is 1. The molecular weight excluding hydrogens is 460 g/mol. The number of nitrogens with zero attached hydrogens (tertiary/aromatic N) is 4. The molecule has 3 aromatic rings. The van der Waals surface area contributed by atoms with Crippen LogP contribution in [0.25, 0.3) is 0 Å². The molecule has 0 atom stereocenters. The van der Waals surface area contributed by atoms with Crippen LogP contribution in [0.3, 0.4) is 0 Å².